The summed E-state index contributed by atoms with van der Waals surface area (Å²) in [5, 5.41) is 34.4. The Kier molecular flexibility index (Phi) is 14.8. The van der Waals surface area contributed by atoms with Gasteiger partial charge in [-0.1, -0.05) is 103 Å². The van der Waals surface area contributed by atoms with Gasteiger partial charge in [-0.05, 0) is 54.1 Å². The number of hydrogen-bond donors (Lipinski definition) is 3. The maximum atomic E-state index is 13.6. The van der Waals surface area contributed by atoms with Crippen LogP contribution in [-0.4, -0.2) is 114 Å². The number of ether oxygens (including phenoxy) is 8. The first-order valence-corrected chi connectivity index (χ1v) is 19.8. The molecule has 15 nitrogen and oxygen atoms in total. The van der Waals surface area contributed by atoms with Crippen LogP contribution in [0.2, 0.25) is 0 Å². The van der Waals surface area contributed by atoms with Gasteiger partial charge in [-0.3, -0.25) is 0 Å². The van der Waals surface area contributed by atoms with E-state index >= 15 is 0 Å². The molecule has 2 saturated heterocycles. The normalized spacial score (nSPS) is 24.9. The number of carbonyl (C=O) groups is 4. The standard InChI is InChI=1S/C47H44O15/c48-36-34(27-56-42(50)30-18-8-2-9-19-30)59-47(39(37(36)49)55-26-29-16-6-1-7-17-29)62-40-38(60-46(54)41(40)61-45(53)33-24-14-5-15-25-33)35(58-44(52)32-22-12-4-13-23-32)28-57-43(51)31-20-10-3-11-21-31/h1-25,34-41,46-49,54H,26-28H2. The van der Waals surface area contributed by atoms with E-state index in [2.05, 4.69) is 0 Å². The van der Waals surface area contributed by atoms with Gasteiger partial charge in [0.1, 0.15) is 49.8 Å². The van der Waals surface area contributed by atoms with Crippen LogP contribution in [-0.2, 0) is 44.5 Å². The summed E-state index contributed by atoms with van der Waals surface area (Å²) in [5.41, 5.74) is 1.35. The lowest BCUT2D eigenvalue weighted by atomic mass is 9.98. The molecule has 2 heterocycles. The van der Waals surface area contributed by atoms with Gasteiger partial charge in [-0.25, -0.2) is 19.2 Å². The summed E-state index contributed by atoms with van der Waals surface area (Å²) in [7, 11) is 0. The minimum atomic E-state index is -1.93. The lowest BCUT2D eigenvalue weighted by molar-refractivity contribution is -0.328. The van der Waals surface area contributed by atoms with E-state index in [9.17, 15) is 34.5 Å². The van der Waals surface area contributed by atoms with Gasteiger partial charge >= 0.3 is 23.9 Å². The molecule has 2 aliphatic rings. The number of aliphatic hydroxyl groups is 3. The highest BCUT2D eigenvalue weighted by Crippen LogP contribution is 2.35. The first-order chi connectivity index (χ1) is 30.2. The van der Waals surface area contributed by atoms with Crippen LogP contribution >= 0.6 is 0 Å². The van der Waals surface area contributed by atoms with Gasteiger partial charge in [0.2, 0.25) is 0 Å². The molecule has 3 N–H and O–H groups in total. The van der Waals surface area contributed by atoms with Crippen molar-refractivity contribution in [1.29, 1.82) is 0 Å². The number of aliphatic hydroxyl groups excluding tert-OH is 3. The number of rotatable bonds is 16. The molecule has 7 rings (SSSR count). The van der Waals surface area contributed by atoms with Gasteiger partial charge in [0.05, 0.1) is 28.9 Å². The molecule has 5 aromatic rings. The molecule has 5 aromatic carbocycles. The Morgan fingerprint density at radius 3 is 1.56 bits per heavy atom. The van der Waals surface area contributed by atoms with Crippen LogP contribution in [0.25, 0.3) is 0 Å². The lowest BCUT2D eigenvalue weighted by Gasteiger charge is -2.43. The van der Waals surface area contributed by atoms with Crippen LogP contribution < -0.4 is 0 Å². The quantitative estimate of drug-likeness (QED) is 0.0937. The van der Waals surface area contributed by atoms with Crippen LogP contribution in [0.5, 0.6) is 0 Å². The number of hydrogen-bond acceptors (Lipinski definition) is 15. The summed E-state index contributed by atoms with van der Waals surface area (Å²) in [6, 6.07) is 40.8. The fourth-order valence-corrected chi connectivity index (χ4v) is 6.87. The molecular weight excluding hydrogens is 805 g/mol. The van der Waals surface area contributed by atoms with Crippen molar-refractivity contribution < 1.29 is 72.4 Å². The average Bonchev–Trinajstić information content (AvgIpc) is 3.62. The molecule has 0 bridgehead atoms. The van der Waals surface area contributed by atoms with Crippen LogP contribution in [0.15, 0.2) is 152 Å². The Morgan fingerprint density at radius 2 is 1.02 bits per heavy atom. The van der Waals surface area contributed by atoms with Gasteiger partial charge in [-0.15, -0.1) is 0 Å². The fraction of sp³-hybridized carbons (Fsp3) is 0.277. The van der Waals surface area contributed by atoms with Gasteiger partial charge in [0, 0.05) is 0 Å². The maximum absolute atomic E-state index is 13.6. The topological polar surface area (TPSA) is 203 Å². The van der Waals surface area contributed by atoms with E-state index in [1.54, 1.807) is 103 Å². The van der Waals surface area contributed by atoms with Crippen LogP contribution in [0.1, 0.15) is 47.0 Å². The minimum Gasteiger partial charge on any atom is -0.459 e. The second kappa shape index (κ2) is 21.0. The molecule has 0 radical (unpaired) electrons. The molecule has 0 amide bonds. The zero-order chi connectivity index (χ0) is 43.4. The fourth-order valence-electron chi connectivity index (χ4n) is 6.87. The summed E-state index contributed by atoms with van der Waals surface area (Å²) in [4.78, 5) is 53.3. The number of esters is 4. The molecule has 322 valence electrons. The van der Waals surface area contributed by atoms with E-state index < -0.39 is 98.5 Å². The number of benzene rings is 5. The zero-order valence-electron chi connectivity index (χ0n) is 33.1. The first kappa shape index (κ1) is 43.8. The molecular formula is C47H44O15. The molecule has 15 heteroatoms. The van der Waals surface area contributed by atoms with Crippen molar-refractivity contribution in [3.8, 4) is 0 Å². The molecule has 0 saturated carbocycles. The highest BCUT2D eigenvalue weighted by molar-refractivity contribution is 5.91. The third-order valence-corrected chi connectivity index (χ3v) is 10.1. The summed E-state index contributed by atoms with van der Waals surface area (Å²) in [5.74, 6) is -3.25. The van der Waals surface area contributed by atoms with Crippen molar-refractivity contribution in [2.75, 3.05) is 13.2 Å². The summed E-state index contributed by atoms with van der Waals surface area (Å²) in [6.45, 7) is -1.29. The largest absolute Gasteiger partial charge is 0.459 e. The van der Waals surface area contributed by atoms with Crippen molar-refractivity contribution in [2.24, 2.45) is 0 Å². The van der Waals surface area contributed by atoms with Gasteiger partial charge in [-0.2, -0.15) is 0 Å². The predicted molar refractivity (Wildman–Crippen MR) is 216 cm³/mol. The van der Waals surface area contributed by atoms with Crippen molar-refractivity contribution in [3.05, 3.63) is 179 Å². The van der Waals surface area contributed by atoms with E-state index in [1.165, 1.54) is 48.5 Å². The Hall–Kier alpha value is -6.30. The van der Waals surface area contributed by atoms with E-state index in [0.29, 0.717) is 5.56 Å². The van der Waals surface area contributed by atoms with Crippen LogP contribution in [0, 0.1) is 0 Å². The lowest BCUT2D eigenvalue weighted by Crippen LogP contribution is -2.62. The Morgan fingerprint density at radius 1 is 0.532 bits per heavy atom. The predicted octanol–water partition coefficient (Wildman–Crippen LogP) is 4.29. The Labute approximate surface area is 356 Å². The minimum absolute atomic E-state index is 0.0987. The summed E-state index contributed by atoms with van der Waals surface area (Å²) in [6.07, 6.45) is -16.3. The zero-order valence-corrected chi connectivity index (χ0v) is 33.1. The monoisotopic (exact) mass is 848 g/mol. The third-order valence-electron chi connectivity index (χ3n) is 10.1. The van der Waals surface area contributed by atoms with E-state index in [-0.39, 0.29) is 28.9 Å². The van der Waals surface area contributed by atoms with Crippen LogP contribution in [0.4, 0.5) is 0 Å². The molecule has 0 aromatic heterocycles. The van der Waals surface area contributed by atoms with Crippen molar-refractivity contribution >= 4 is 23.9 Å². The SMILES string of the molecule is O=C(OCC1OC(OC2C(OC(=O)c3ccccc3)C(O)OC2C(COC(=O)c2ccccc2)OC(=O)c2ccccc2)C(OCc2ccccc2)C(O)C1O)c1ccccc1. The number of carbonyl (C=O) groups excluding carboxylic acids is 4. The molecule has 2 aliphatic heterocycles. The highest BCUT2D eigenvalue weighted by Gasteiger charge is 2.56. The average molecular weight is 849 g/mol. The second-order valence-corrected chi connectivity index (χ2v) is 14.4. The maximum Gasteiger partial charge on any atom is 0.338 e. The Bertz CT molecular complexity index is 2210. The van der Waals surface area contributed by atoms with Crippen molar-refractivity contribution in [3.63, 3.8) is 0 Å². The molecule has 0 spiro atoms. The third kappa shape index (κ3) is 11.0. The van der Waals surface area contributed by atoms with Crippen molar-refractivity contribution in [2.45, 2.75) is 68.0 Å². The van der Waals surface area contributed by atoms with Gasteiger partial charge in [0.15, 0.2) is 24.8 Å². The van der Waals surface area contributed by atoms with E-state index in [1.807, 2.05) is 0 Å². The first-order valence-electron chi connectivity index (χ1n) is 19.8. The van der Waals surface area contributed by atoms with E-state index in [0.717, 1.165) is 0 Å². The van der Waals surface area contributed by atoms with Crippen LogP contribution in [0.3, 0.4) is 0 Å². The van der Waals surface area contributed by atoms with Crippen molar-refractivity contribution in [1.82, 2.24) is 0 Å². The smallest absolute Gasteiger partial charge is 0.338 e. The molecule has 62 heavy (non-hydrogen) atoms. The molecule has 10 atom stereocenters. The summed E-state index contributed by atoms with van der Waals surface area (Å²) < 4.78 is 47.7. The van der Waals surface area contributed by atoms with Gasteiger partial charge < -0.3 is 53.2 Å². The molecule has 2 fully saturated rings. The second-order valence-electron chi connectivity index (χ2n) is 14.4. The van der Waals surface area contributed by atoms with Gasteiger partial charge in [0.25, 0.3) is 0 Å². The Balaban J connectivity index is 1.22. The molecule has 10 unspecified atom stereocenters. The molecule has 0 aliphatic carbocycles. The highest BCUT2D eigenvalue weighted by atomic mass is 16.8. The summed E-state index contributed by atoms with van der Waals surface area (Å²) >= 11 is 0. The van der Waals surface area contributed by atoms with E-state index in [4.69, 9.17) is 37.9 Å².